The highest BCUT2D eigenvalue weighted by atomic mass is 79.9. The number of hydrogen-bond donors (Lipinski definition) is 1. The van der Waals surface area contributed by atoms with E-state index in [2.05, 4.69) is 20.7 Å². The number of alkyl halides is 3. The van der Waals surface area contributed by atoms with Gasteiger partial charge in [0.05, 0.1) is 6.04 Å². The fourth-order valence-electron chi connectivity index (χ4n) is 1.81. The molecule has 0 heterocycles. The molecular weight excluding hydrogens is 390 g/mol. The number of hydrogen-bond acceptors (Lipinski definition) is 2. The van der Waals surface area contributed by atoms with Gasteiger partial charge < -0.3 is 10.5 Å². The molecule has 2 rings (SSSR count). The van der Waals surface area contributed by atoms with Gasteiger partial charge in [0, 0.05) is 4.47 Å². The Bertz CT molecular complexity index is 634. The fraction of sp³-hybridized carbons (Fsp3) is 0.143. The van der Waals surface area contributed by atoms with Crippen molar-refractivity contribution in [1.82, 2.24) is 0 Å². The first-order chi connectivity index (χ1) is 9.76. The first-order valence-corrected chi connectivity index (χ1v) is 6.62. The van der Waals surface area contributed by atoms with E-state index >= 15 is 0 Å². The van der Waals surface area contributed by atoms with Gasteiger partial charge in [-0.25, -0.2) is 4.39 Å². The van der Waals surface area contributed by atoms with Crippen LogP contribution in [0, 0.1) is 5.82 Å². The zero-order valence-corrected chi connectivity index (χ0v) is 13.3. The smallest absolute Gasteiger partial charge is 0.406 e. The Morgan fingerprint density at radius 1 is 1.05 bits per heavy atom. The van der Waals surface area contributed by atoms with Crippen molar-refractivity contribution in [3.63, 3.8) is 0 Å². The summed E-state index contributed by atoms with van der Waals surface area (Å²) in [5, 5.41) is 0. The molecule has 0 aromatic heterocycles. The first-order valence-electron chi connectivity index (χ1n) is 5.82. The molecule has 0 amide bonds. The Balaban J connectivity index is 0.00000242. The molecule has 0 aliphatic rings. The molecule has 2 nitrogen and oxygen atoms in total. The Labute approximate surface area is 138 Å². The van der Waals surface area contributed by atoms with Gasteiger partial charge in [0.15, 0.2) is 0 Å². The van der Waals surface area contributed by atoms with Crippen LogP contribution in [0.15, 0.2) is 46.9 Å². The monoisotopic (exact) mass is 399 g/mol. The topological polar surface area (TPSA) is 35.2 Å². The molecule has 2 aromatic rings. The van der Waals surface area contributed by atoms with Gasteiger partial charge in [-0.05, 0) is 35.4 Å². The van der Waals surface area contributed by atoms with E-state index in [0.717, 1.165) is 0 Å². The molecule has 0 saturated heterocycles. The largest absolute Gasteiger partial charge is 0.573 e. The van der Waals surface area contributed by atoms with Crippen LogP contribution in [-0.4, -0.2) is 6.36 Å². The van der Waals surface area contributed by atoms with Crippen LogP contribution in [0.3, 0.4) is 0 Å². The Hall–Kier alpha value is -1.31. The minimum absolute atomic E-state index is 0. The van der Waals surface area contributed by atoms with E-state index in [1.165, 1.54) is 42.5 Å². The number of rotatable bonds is 3. The van der Waals surface area contributed by atoms with Gasteiger partial charge in [-0.1, -0.05) is 34.1 Å². The fourth-order valence-corrected chi connectivity index (χ4v) is 2.41. The van der Waals surface area contributed by atoms with Crippen LogP contribution in [0.5, 0.6) is 5.75 Å². The lowest BCUT2D eigenvalue weighted by Crippen LogP contribution is -2.17. The summed E-state index contributed by atoms with van der Waals surface area (Å²) < 4.78 is 53.5. The molecule has 0 unspecified atom stereocenters. The zero-order valence-electron chi connectivity index (χ0n) is 10.9. The lowest BCUT2D eigenvalue weighted by molar-refractivity contribution is -0.274. The van der Waals surface area contributed by atoms with Crippen molar-refractivity contribution in [1.29, 1.82) is 0 Å². The van der Waals surface area contributed by atoms with E-state index in [9.17, 15) is 17.6 Å². The maximum atomic E-state index is 13.0. The van der Waals surface area contributed by atoms with Gasteiger partial charge in [0.1, 0.15) is 11.6 Å². The molecule has 0 bridgehead atoms. The molecule has 22 heavy (non-hydrogen) atoms. The average Bonchev–Trinajstić information content (AvgIpc) is 2.37. The zero-order chi connectivity index (χ0) is 15.6. The van der Waals surface area contributed by atoms with Crippen LogP contribution < -0.4 is 10.5 Å². The second-order valence-electron chi connectivity index (χ2n) is 4.26. The van der Waals surface area contributed by atoms with Crippen molar-refractivity contribution in [2.75, 3.05) is 0 Å². The van der Waals surface area contributed by atoms with Crippen LogP contribution >= 0.6 is 28.3 Å². The Morgan fingerprint density at radius 3 is 2.14 bits per heavy atom. The summed E-state index contributed by atoms with van der Waals surface area (Å²) in [7, 11) is 0. The minimum Gasteiger partial charge on any atom is -0.406 e. The Morgan fingerprint density at radius 2 is 1.64 bits per heavy atom. The minimum atomic E-state index is -4.73. The summed E-state index contributed by atoms with van der Waals surface area (Å²) in [6.07, 6.45) is -4.73. The van der Waals surface area contributed by atoms with Gasteiger partial charge in [0.25, 0.3) is 0 Å². The summed E-state index contributed by atoms with van der Waals surface area (Å²) in [5.74, 6) is -0.733. The van der Waals surface area contributed by atoms with Gasteiger partial charge in [-0.15, -0.1) is 25.6 Å². The van der Waals surface area contributed by atoms with Crippen LogP contribution in [-0.2, 0) is 0 Å². The van der Waals surface area contributed by atoms with Gasteiger partial charge >= 0.3 is 6.36 Å². The lowest BCUT2D eigenvalue weighted by Gasteiger charge is -2.15. The highest BCUT2D eigenvalue weighted by Gasteiger charge is 2.31. The molecule has 0 aliphatic carbocycles. The third-order valence-corrected chi connectivity index (χ3v) is 3.46. The molecule has 0 aliphatic heterocycles. The van der Waals surface area contributed by atoms with Gasteiger partial charge in [-0.3, -0.25) is 0 Å². The molecule has 2 aromatic carbocycles. The van der Waals surface area contributed by atoms with Crippen LogP contribution in [0.2, 0.25) is 0 Å². The van der Waals surface area contributed by atoms with E-state index in [1.807, 2.05) is 0 Å². The molecule has 8 heteroatoms. The molecule has 0 spiro atoms. The summed E-state index contributed by atoms with van der Waals surface area (Å²) in [6.45, 7) is 0. The predicted molar refractivity (Wildman–Crippen MR) is 80.5 cm³/mol. The van der Waals surface area contributed by atoms with Crippen molar-refractivity contribution < 1.29 is 22.3 Å². The van der Waals surface area contributed by atoms with Crippen molar-refractivity contribution in [2.24, 2.45) is 5.73 Å². The third kappa shape index (κ3) is 4.86. The predicted octanol–water partition coefficient (Wildman–Crippen LogP) is 4.96. The number of ether oxygens (including phenoxy) is 1. The average molecular weight is 401 g/mol. The normalized spacial score (nSPS) is 12.5. The molecule has 120 valence electrons. The number of halogens is 6. The molecule has 0 saturated carbocycles. The maximum absolute atomic E-state index is 13.0. The standard InChI is InChI=1S/C14H10BrF4NO.ClH/c15-12-7-9(16)3-6-11(12)13(20)8-1-4-10(5-2-8)21-14(17,18)19;/h1-7,13H,20H2;1H/t13-;/m1./s1. The van der Waals surface area contributed by atoms with E-state index in [1.54, 1.807) is 0 Å². The van der Waals surface area contributed by atoms with E-state index in [-0.39, 0.29) is 18.2 Å². The quantitative estimate of drug-likeness (QED) is 0.740. The van der Waals surface area contributed by atoms with Crippen LogP contribution in [0.1, 0.15) is 17.2 Å². The summed E-state index contributed by atoms with van der Waals surface area (Å²) in [6, 6.07) is 8.69. The number of benzene rings is 2. The second-order valence-corrected chi connectivity index (χ2v) is 5.11. The second kappa shape index (κ2) is 7.30. The van der Waals surface area contributed by atoms with Gasteiger partial charge in [-0.2, -0.15) is 0 Å². The van der Waals surface area contributed by atoms with E-state index in [0.29, 0.717) is 15.6 Å². The van der Waals surface area contributed by atoms with Crippen LogP contribution in [0.25, 0.3) is 0 Å². The SMILES string of the molecule is Cl.N[C@H](c1ccc(OC(F)(F)F)cc1)c1ccc(F)cc1Br. The molecule has 0 fully saturated rings. The molecular formula is C14H11BrClF4NO. The Kier molecular flexibility index (Phi) is 6.22. The highest BCUT2D eigenvalue weighted by molar-refractivity contribution is 9.10. The molecule has 2 N–H and O–H groups in total. The van der Waals surface area contributed by atoms with E-state index < -0.39 is 18.2 Å². The van der Waals surface area contributed by atoms with Crippen molar-refractivity contribution in [3.05, 3.63) is 63.9 Å². The number of nitrogens with two attached hydrogens (primary N) is 1. The van der Waals surface area contributed by atoms with Crippen molar-refractivity contribution in [2.45, 2.75) is 12.4 Å². The maximum Gasteiger partial charge on any atom is 0.573 e. The van der Waals surface area contributed by atoms with Crippen molar-refractivity contribution in [3.8, 4) is 5.75 Å². The molecule has 0 radical (unpaired) electrons. The van der Waals surface area contributed by atoms with E-state index in [4.69, 9.17) is 5.73 Å². The van der Waals surface area contributed by atoms with Crippen molar-refractivity contribution >= 4 is 28.3 Å². The summed E-state index contributed by atoms with van der Waals surface area (Å²) in [4.78, 5) is 0. The third-order valence-electron chi connectivity index (χ3n) is 2.77. The van der Waals surface area contributed by atoms with Crippen LogP contribution in [0.4, 0.5) is 17.6 Å². The molecule has 1 atom stereocenters. The first kappa shape index (κ1) is 18.7. The summed E-state index contributed by atoms with van der Waals surface area (Å²) in [5.41, 5.74) is 7.24. The summed E-state index contributed by atoms with van der Waals surface area (Å²) >= 11 is 3.21. The van der Waals surface area contributed by atoms with Gasteiger partial charge in [0.2, 0.25) is 0 Å². The lowest BCUT2D eigenvalue weighted by atomic mass is 9.99. The highest BCUT2D eigenvalue weighted by Crippen LogP contribution is 2.29.